The SMILES string of the molecule is CC(Br)c1ccc2c(-c3cccc(F)c3)cc(=O)oc2c1. The van der Waals surface area contributed by atoms with E-state index in [2.05, 4.69) is 15.9 Å². The van der Waals surface area contributed by atoms with E-state index in [9.17, 15) is 9.18 Å². The minimum absolute atomic E-state index is 0.157. The van der Waals surface area contributed by atoms with Crippen molar-refractivity contribution in [1.29, 1.82) is 0 Å². The van der Waals surface area contributed by atoms with Crippen LogP contribution in [0.1, 0.15) is 17.3 Å². The van der Waals surface area contributed by atoms with Gasteiger partial charge in [0.05, 0.1) is 0 Å². The first kappa shape index (κ1) is 14.0. The molecule has 21 heavy (non-hydrogen) atoms. The number of benzene rings is 2. The molecular formula is C17H12BrFO2. The highest BCUT2D eigenvalue weighted by molar-refractivity contribution is 9.09. The van der Waals surface area contributed by atoms with Crippen LogP contribution in [0.4, 0.5) is 4.39 Å². The maximum absolute atomic E-state index is 13.4. The Labute approximate surface area is 129 Å². The third kappa shape index (κ3) is 2.76. The first-order valence-corrected chi connectivity index (χ1v) is 7.44. The minimum atomic E-state index is -0.443. The Balaban J connectivity index is 2.30. The second-order valence-corrected chi connectivity index (χ2v) is 6.23. The normalized spacial score (nSPS) is 12.5. The van der Waals surface area contributed by atoms with Gasteiger partial charge in [0, 0.05) is 16.3 Å². The molecule has 2 nitrogen and oxygen atoms in total. The third-order valence-corrected chi connectivity index (χ3v) is 3.89. The van der Waals surface area contributed by atoms with Crippen molar-refractivity contribution in [1.82, 2.24) is 0 Å². The van der Waals surface area contributed by atoms with Gasteiger partial charge in [-0.2, -0.15) is 0 Å². The molecule has 1 atom stereocenters. The predicted molar refractivity (Wildman–Crippen MR) is 85.2 cm³/mol. The molecule has 0 saturated carbocycles. The fraction of sp³-hybridized carbons (Fsp3) is 0.118. The quantitative estimate of drug-likeness (QED) is 0.479. The Morgan fingerprint density at radius 2 is 1.95 bits per heavy atom. The largest absolute Gasteiger partial charge is 0.423 e. The summed E-state index contributed by atoms with van der Waals surface area (Å²) in [6.07, 6.45) is 0. The van der Waals surface area contributed by atoms with Crippen LogP contribution in [0, 0.1) is 5.82 Å². The molecule has 0 saturated heterocycles. The summed E-state index contributed by atoms with van der Waals surface area (Å²) in [5, 5.41) is 0.789. The first-order valence-electron chi connectivity index (χ1n) is 6.52. The van der Waals surface area contributed by atoms with Gasteiger partial charge in [-0.3, -0.25) is 0 Å². The van der Waals surface area contributed by atoms with Crippen molar-refractivity contribution >= 4 is 26.9 Å². The molecule has 0 aliphatic rings. The first-order chi connectivity index (χ1) is 10.0. The van der Waals surface area contributed by atoms with Gasteiger partial charge in [0.1, 0.15) is 11.4 Å². The lowest BCUT2D eigenvalue weighted by Gasteiger charge is -2.08. The van der Waals surface area contributed by atoms with E-state index in [1.54, 1.807) is 12.1 Å². The van der Waals surface area contributed by atoms with Crippen LogP contribution in [0.2, 0.25) is 0 Å². The van der Waals surface area contributed by atoms with Gasteiger partial charge in [0.15, 0.2) is 0 Å². The molecule has 0 aliphatic heterocycles. The summed E-state index contributed by atoms with van der Waals surface area (Å²) >= 11 is 3.49. The number of halogens is 2. The maximum atomic E-state index is 13.4. The van der Waals surface area contributed by atoms with E-state index >= 15 is 0 Å². The van der Waals surface area contributed by atoms with E-state index in [-0.39, 0.29) is 10.6 Å². The summed E-state index contributed by atoms with van der Waals surface area (Å²) in [6, 6.07) is 13.3. The van der Waals surface area contributed by atoms with E-state index in [0.717, 1.165) is 10.9 Å². The van der Waals surface area contributed by atoms with E-state index in [1.165, 1.54) is 18.2 Å². The Morgan fingerprint density at radius 1 is 1.14 bits per heavy atom. The second kappa shape index (κ2) is 5.45. The van der Waals surface area contributed by atoms with Crippen molar-refractivity contribution in [3.05, 3.63) is 70.3 Å². The van der Waals surface area contributed by atoms with E-state index in [4.69, 9.17) is 4.42 Å². The average Bonchev–Trinajstić information content (AvgIpc) is 2.45. The van der Waals surface area contributed by atoms with Gasteiger partial charge < -0.3 is 4.42 Å². The van der Waals surface area contributed by atoms with Crippen LogP contribution in [-0.4, -0.2) is 0 Å². The number of rotatable bonds is 2. The van der Waals surface area contributed by atoms with Gasteiger partial charge in [-0.25, -0.2) is 9.18 Å². The summed E-state index contributed by atoms with van der Waals surface area (Å²) < 4.78 is 18.7. The zero-order valence-corrected chi connectivity index (χ0v) is 12.9. The molecule has 106 valence electrons. The lowest BCUT2D eigenvalue weighted by atomic mass is 10.0. The van der Waals surface area contributed by atoms with Crippen LogP contribution in [0.15, 0.2) is 57.7 Å². The lowest BCUT2D eigenvalue weighted by Crippen LogP contribution is -1.99. The molecule has 0 amide bonds. The topological polar surface area (TPSA) is 30.2 Å². The molecule has 4 heteroatoms. The molecule has 0 radical (unpaired) electrons. The van der Waals surface area contributed by atoms with E-state index in [1.807, 2.05) is 25.1 Å². The fourth-order valence-corrected chi connectivity index (χ4v) is 2.61. The van der Waals surface area contributed by atoms with E-state index < -0.39 is 5.63 Å². The van der Waals surface area contributed by atoms with Gasteiger partial charge in [-0.05, 0) is 41.8 Å². The summed E-state index contributed by atoms with van der Waals surface area (Å²) in [4.78, 5) is 11.9. The second-order valence-electron chi connectivity index (χ2n) is 4.86. The molecule has 0 fully saturated rings. The van der Waals surface area contributed by atoms with Crippen molar-refractivity contribution in [2.24, 2.45) is 0 Å². The van der Waals surface area contributed by atoms with Crippen LogP contribution >= 0.6 is 15.9 Å². The molecule has 1 unspecified atom stereocenters. The van der Waals surface area contributed by atoms with Crippen molar-refractivity contribution in [2.45, 2.75) is 11.8 Å². The van der Waals surface area contributed by atoms with Crippen LogP contribution in [0.5, 0.6) is 0 Å². The maximum Gasteiger partial charge on any atom is 0.336 e. The Morgan fingerprint density at radius 3 is 2.67 bits per heavy atom. The number of hydrogen-bond donors (Lipinski definition) is 0. The molecule has 2 aromatic carbocycles. The number of alkyl halides is 1. The summed E-state index contributed by atoms with van der Waals surface area (Å²) in [5.41, 5.74) is 2.41. The fourth-order valence-electron chi connectivity index (χ4n) is 2.32. The molecule has 1 aromatic heterocycles. The average molecular weight is 347 g/mol. The van der Waals surface area contributed by atoms with Gasteiger partial charge in [-0.15, -0.1) is 0 Å². The predicted octanol–water partition coefficient (Wildman–Crippen LogP) is 5.06. The van der Waals surface area contributed by atoms with Crippen LogP contribution in [0.25, 0.3) is 22.1 Å². The van der Waals surface area contributed by atoms with Gasteiger partial charge >= 0.3 is 5.63 Å². The molecule has 3 rings (SSSR count). The molecule has 0 aliphatic carbocycles. The number of fused-ring (bicyclic) bond motifs is 1. The zero-order valence-electron chi connectivity index (χ0n) is 11.3. The zero-order chi connectivity index (χ0) is 15.0. The third-order valence-electron chi connectivity index (χ3n) is 3.36. The van der Waals surface area contributed by atoms with Gasteiger partial charge in [0.25, 0.3) is 0 Å². The summed E-state index contributed by atoms with van der Waals surface area (Å²) in [5.74, 6) is -0.334. The number of hydrogen-bond acceptors (Lipinski definition) is 2. The van der Waals surface area contributed by atoms with Crippen LogP contribution in [0.3, 0.4) is 0 Å². The smallest absolute Gasteiger partial charge is 0.336 e. The molecule has 0 N–H and O–H groups in total. The summed E-state index contributed by atoms with van der Waals surface area (Å²) in [6.45, 7) is 2.00. The highest BCUT2D eigenvalue weighted by Crippen LogP contribution is 2.31. The molecule has 3 aromatic rings. The summed E-state index contributed by atoms with van der Waals surface area (Å²) in [7, 11) is 0. The lowest BCUT2D eigenvalue weighted by molar-refractivity contribution is 0.561. The van der Waals surface area contributed by atoms with Gasteiger partial charge in [-0.1, -0.05) is 40.2 Å². The highest BCUT2D eigenvalue weighted by Gasteiger charge is 2.10. The Bertz CT molecular complexity index is 868. The van der Waals surface area contributed by atoms with Crippen molar-refractivity contribution in [3.63, 3.8) is 0 Å². The Kier molecular flexibility index (Phi) is 3.64. The van der Waals surface area contributed by atoms with Crippen LogP contribution in [-0.2, 0) is 0 Å². The highest BCUT2D eigenvalue weighted by atomic mass is 79.9. The molecule has 0 bridgehead atoms. The van der Waals surface area contributed by atoms with Gasteiger partial charge in [0.2, 0.25) is 0 Å². The molecular weight excluding hydrogens is 335 g/mol. The van der Waals surface area contributed by atoms with Crippen molar-refractivity contribution < 1.29 is 8.81 Å². The van der Waals surface area contributed by atoms with Crippen LogP contribution < -0.4 is 5.63 Å². The standard InChI is InChI=1S/C17H12BrFO2/c1-10(18)11-5-6-14-15(9-17(20)21-16(14)8-11)12-3-2-4-13(19)7-12/h2-10H,1H3. The monoisotopic (exact) mass is 346 g/mol. The van der Waals surface area contributed by atoms with Crippen molar-refractivity contribution in [3.8, 4) is 11.1 Å². The molecule has 1 heterocycles. The van der Waals surface area contributed by atoms with Crippen molar-refractivity contribution in [2.75, 3.05) is 0 Å². The molecule has 0 spiro atoms. The Hall–Kier alpha value is -1.94. The minimum Gasteiger partial charge on any atom is -0.423 e. The van der Waals surface area contributed by atoms with E-state index in [0.29, 0.717) is 16.7 Å².